The van der Waals surface area contributed by atoms with Crippen molar-refractivity contribution in [1.29, 1.82) is 0 Å². The lowest BCUT2D eigenvalue weighted by molar-refractivity contribution is -0.115. The lowest BCUT2D eigenvalue weighted by Gasteiger charge is -2.09. The van der Waals surface area contributed by atoms with Crippen LogP contribution in [-0.2, 0) is 4.79 Å². The third kappa shape index (κ3) is 4.39. The van der Waals surface area contributed by atoms with Crippen LogP contribution in [0.25, 0.3) is 0 Å². The van der Waals surface area contributed by atoms with Crippen molar-refractivity contribution in [3.63, 3.8) is 0 Å². The summed E-state index contributed by atoms with van der Waals surface area (Å²) < 4.78 is 5.19. The molecule has 1 aromatic carbocycles. The summed E-state index contributed by atoms with van der Waals surface area (Å²) in [6, 6.07) is 9.17. The van der Waals surface area contributed by atoms with E-state index < -0.39 is 0 Å². The van der Waals surface area contributed by atoms with Gasteiger partial charge in [0.05, 0.1) is 24.7 Å². The molecular formula is C15H17N3O2S. The highest BCUT2D eigenvalue weighted by Crippen LogP contribution is 2.25. The summed E-state index contributed by atoms with van der Waals surface area (Å²) in [4.78, 5) is 16.8. The fourth-order valence-corrected chi connectivity index (χ4v) is 2.62. The molecule has 0 fully saturated rings. The molecule has 2 aromatic rings. The summed E-state index contributed by atoms with van der Waals surface area (Å²) in [5, 5.41) is 2.84. The Morgan fingerprint density at radius 1 is 1.38 bits per heavy atom. The van der Waals surface area contributed by atoms with Crippen LogP contribution in [0.5, 0.6) is 5.75 Å². The quantitative estimate of drug-likeness (QED) is 0.802. The van der Waals surface area contributed by atoms with Crippen molar-refractivity contribution >= 4 is 29.0 Å². The molecule has 1 heterocycles. The van der Waals surface area contributed by atoms with Gasteiger partial charge in [-0.1, -0.05) is 12.1 Å². The van der Waals surface area contributed by atoms with Crippen molar-refractivity contribution in [3.05, 3.63) is 42.7 Å². The number of carbonyl (C=O) groups excluding carboxylic acids is 1. The molecule has 3 N–H and O–H groups in total. The van der Waals surface area contributed by atoms with E-state index in [2.05, 4.69) is 10.3 Å². The fraction of sp³-hybridized carbons (Fsp3) is 0.200. The number of pyridine rings is 1. The molecule has 0 aliphatic heterocycles. The van der Waals surface area contributed by atoms with Crippen molar-refractivity contribution in [1.82, 2.24) is 4.98 Å². The minimum atomic E-state index is -0.0559. The van der Waals surface area contributed by atoms with Gasteiger partial charge in [0.2, 0.25) is 5.91 Å². The van der Waals surface area contributed by atoms with Crippen LogP contribution in [0.3, 0.4) is 0 Å². The lowest BCUT2D eigenvalue weighted by Crippen LogP contribution is -2.12. The Kier molecular flexibility index (Phi) is 5.45. The van der Waals surface area contributed by atoms with Gasteiger partial charge in [0.15, 0.2) is 0 Å². The second-order valence-electron chi connectivity index (χ2n) is 4.26. The largest absolute Gasteiger partial charge is 0.495 e. The number of ether oxygens (including phenoxy) is 1. The van der Waals surface area contributed by atoms with Crippen molar-refractivity contribution in [2.75, 3.05) is 23.9 Å². The topological polar surface area (TPSA) is 77.2 Å². The molecule has 21 heavy (non-hydrogen) atoms. The Labute approximate surface area is 127 Å². The Balaban J connectivity index is 1.84. The maximum atomic E-state index is 11.9. The Morgan fingerprint density at radius 3 is 2.95 bits per heavy atom. The number of rotatable bonds is 6. The van der Waals surface area contributed by atoms with Crippen LogP contribution in [-0.4, -0.2) is 23.8 Å². The fourth-order valence-electron chi connectivity index (χ4n) is 1.74. The van der Waals surface area contributed by atoms with E-state index in [1.807, 2.05) is 30.3 Å². The highest BCUT2D eigenvalue weighted by atomic mass is 32.2. The summed E-state index contributed by atoms with van der Waals surface area (Å²) in [5.74, 6) is 1.24. The number of hydrogen-bond donors (Lipinski definition) is 2. The predicted octanol–water partition coefficient (Wildman–Crippen LogP) is 2.79. The third-order valence-corrected chi connectivity index (χ3v) is 3.87. The first-order valence-corrected chi connectivity index (χ1v) is 7.44. The molecule has 1 aromatic heterocycles. The van der Waals surface area contributed by atoms with E-state index in [0.29, 0.717) is 29.3 Å². The van der Waals surface area contributed by atoms with Gasteiger partial charge in [0, 0.05) is 23.3 Å². The number of anilines is 2. The zero-order chi connectivity index (χ0) is 15.1. The van der Waals surface area contributed by atoms with Crippen LogP contribution in [0, 0.1) is 0 Å². The molecule has 0 aliphatic carbocycles. The van der Waals surface area contributed by atoms with Crippen molar-refractivity contribution in [2.24, 2.45) is 0 Å². The summed E-state index contributed by atoms with van der Waals surface area (Å²) in [7, 11) is 1.58. The van der Waals surface area contributed by atoms with Gasteiger partial charge in [0.25, 0.3) is 0 Å². The maximum absolute atomic E-state index is 11.9. The standard InChI is InChI=1S/C15H17N3O2S/c1-20-13-5-3-2-4-12(13)18-15(19)7-9-21-14-6-8-17-10-11(14)16/h2-6,8,10H,7,9,16H2,1H3,(H,18,19). The lowest BCUT2D eigenvalue weighted by atomic mass is 10.3. The second-order valence-corrected chi connectivity index (χ2v) is 5.40. The highest BCUT2D eigenvalue weighted by Gasteiger charge is 2.07. The van der Waals surface area contributed by atoms with Crippen LogP contribution in [0.2, 0.25) is 0 Å². The van der Waals surface area contributed by atoms with Gasteiger partial charge in [-0.25, -0.2) is 0 Å². The number of nitrogens with zero attached hydrogens (tertiary/aromatic N) is 1. The van der Waals surface area contributed by atoms with Gasteiger partial charge in [-0.15, -0.1) is 11.8 Å². The Morgan fingerprint density at radius 2 is 2.19 bits per heavy atom. The van der Waals surface area contributed by atoms with E-state index in [1.165, 1.54) is 11.8 Å². The molecule has 0 atom stereocenters. The zero-order valence-electron chi connectivity index (χ0n) is 11.7. The van der Waals surface area contributed by atoms with E-state index in [0.717, 1.165) is 4.90 Å². The monoisotopic (exact) mass is 303 g/mol. The summed E-state index contributed by atoms with van der Waals surface area (Å²) in [6.07, 6.45) is 3.69. The van der Waals surface area contributed by atoms with Crippen LogP contribution in [0.15, 0.2) is 47.6 Å². The molecule has 5 nitrogen and oxygen atoms in total. The SMILES string of the molecule is COc1ccccc1NC(=O)CCSc1ccncc1N. The van der Waals surface area contributed by atoms with Gasteiger partial charge < -0.3 is 15.8 Å². The van der Waals surface area contributed by atoms with Crippen LogP contribution in [0.4, 0.5) is 11.4 Å². The van der Waals surface area contributed by atoms with Gasteiger partial charge in [-0.05, 0) is 18.2 Å². The van der Waals surface area contributed by atoms with Crippen molar-refractivity contribution < 1.29 is 9.53 Å². The number of thioether (sulfide) groups is 1. The van der Waals surface area contributed by atoms with E-state index in [9.17, 15) is 4.79 Å². The first-order chi connectivity index (χ1) is 10.2. The zero-order valence-corrected chi connectivity index (χ0v) is 12.5. The molecule has 1 amide bonds. The number of nitrogen functional groups attached to an aromatic ring is 1. The second kappa shape index (κ2) is 7.54. The molecule has 0 spiro atoms. The minimum absolute atomic E-state index is 0.0559. The molecule has 110 valence electrons. The van der Waals surface area contributed by atoms with Crippen molar-refractivity contribution in [2.45, 2.75) is 11.3 Å². The van der Waals surface area contributed by atoms with Gasteiger partial charge in [0.1, 0.15) is 5.75 Å². The number of methoxy groups -OCH3 is 1. The molecule has 0 radical (unpaired) electrons. The molecule has 0 saturated carbocycles. The first-order valence-electron chi connectivity index (χ1n) is 6.46. The predicted molar refractivity (Wildman–Crippen MR) is 85.6 cm³/mol. The van der Waals surface area contributed by atoms with E-state index in [1.54, 1.807) is 19.5 Å². The van der Waals surface area contributed by atoms with Gasteiger partial charge >= 0.3 is 0 Å². The minimum Gasteiger partial charge on any atom is -0.495 e. The van der Waals surface area contributed by atoms with E-state index in [-0.39, 0.29) is 5.91 Å². The number of benzene rings is 1. The molecule has 0 bridgehead atoms. The van der Waals surface area contributed by atoms with Crippen molar-refractivity contribution in [3.8, 4) is 5.75 Å². The molecule has 6 heteroatoms. The normalized spacial score (nSPS) is 10.1. The van der Waals surface area contributed by atoms with E-state index in [4.69, 9.17) is 10.5 Å². The molecule has 2 rings (SSSR count). The number of carbonyl (C=O) groups is 1. The highest BCUT2D eigenvalue weighted by molar-refractivity contribution is 7.99. The Hall–Kier alpha value is -2.21. The van der Waals surface area contributed by atoms with Crippen LogP contribution in [0.1, 0.15) is 6.42 Å². The third-order valence-electron chi connectivity index (χ3n) is 2.78. The number of amides is 1. The van der Waals surface area contributed by atoms with E-state index >= 15 is 0 Å². The molecule has 0 unspecified atom stereocenters. The molecular weight excluding hydrogens is 286 g/mol. The first kappa shape index (κ1) is 15.2. The smallest absolute Gasteiger partial charge is 0.225 e. The number of para-hydroxylation sites is 2. The number of aromatic nitrogens is 1. The van der Waals surface area contributed by atoms with Crippen LogP contribution < -0.4 is 15.8 Å². The Bertz CT molecular complexity index is 619. The maximum Gasteiger partial charge on any atom is 0.225 e. The molecule has 0 saturated heterocycles. The summed E-state index contributed by atoms with van der Waals surface area (Å²) >= 11 is 1.54. The number of hydrogen-bond acceptors (Lipinski definition) is 5. The van der Waals surface area contributed by atoms with Gasteiger partial charge in [-0.3, -0.25) is 9.78 Å². The summed E-state index contributed by atoms with van der Waals surface area (Å²) in [5.41, 5.74) is 7.11. The summed E-state index contributed by atoms with van der Waals surface area (Å²) in [6.45, 7) is 0. The number of nitrogens with one attached hydrogen (secondary N) is 1. The average molecular weight is 303 g/mol. The van der Waals surface area contributed by atoms with Crippen LogP contribution >= 0.6 is 11.8 Å². The number of nitrogens with two attached hydrogens (primary N) is 1. The average Bonchev–Trinajstić information content (AvgIpc) is 2.50. The van der Waals surface area contributed by atoms with Gasteiger partial charge in [-0.2, -0.15) is 0 Å². The molecule has 0 aliphatic rings.